The summed E-state index contributed by atoms with van der Waals surface area (Å²) in [6.45, 7) is 0. The number of rotatable bonds is 5. The van der Waals surface area contributed by atoms with Gasteiger partial charge >= 0.3 is 0 Å². The first-order valence-corrected chi connectivity index (χ1v) is 12.8. The summed E-state index contributed by atoms with van der Waals surface area (Å²) in [5.41, 5.74) is 4.75. The Morgan fingerprint density at radius 1 is 0.450 bits per heavy atom. The molecule has 0 amide bonds. The zero-order valence-corrected chi connectivity index (χ0v) is 21.3. The summed E-state index contributed by atoms with van der Waals surface area (Å²) in [6.07, 6.45) is 0.121. The molecule has 6 aromatic carbocycles. The molecular formula is C34H20B2F4. The molecule has 0 aliphatic rings. The Hall–Kier alpha value is -4.31. The van der Waals surface area contributed by atoms with Crippen LogP contribution >= 0.6 is 0 Å². The van der Waals surface area contributed by atoms with E-state index < -0.39 is 23.3 Å². The fourth-order valence-electron chi connectivity index (χ4n) is 5.71. The topological polar surface area (TPSA) is 0 Å². The van der Waals surface area contributed by atoms with E-state index in [1.807, 2.05) is 60.7 Å². The molecule has 0 unspecified atom stereocenters. The van der Waals surface area contributed by atoms with E-state index in [2.05, 4.69) is 0 Å². The van der Waals surface area contributed by atoms with Crippen molar-refractivity contribution in [2.45, 2.75) is 12.6 Å². The van der Waals surface area contributed by atoms with Gasteiger partial charge in [-0.15, -0.1) is 0 Å². The predicted molar refractivity (Wildman–Crippen MR) is 157 cm³/mol. The van der Waals surface area contributed by atoms with Crippen LogP contribution in [-0.4, -0.2) is 15.7 Å². The summed E-state index contributed by atoms with van der Waals surface area (Å²) in [6, 6.07) is 25.9. The second-order valence-corrected chi connectivity index (χ2v) is 9.72. The zero-order valence-electron chi connectivity index (χ0n) is 21.3. The van der Waals surface area contributed by atoms with Crippen LogP contribution in [0.2, 0.25) is 0 Å². The predicted octanol–water partition coefficient (Wildman–Crippen LogP) is 8.89. The lowest BCUT2D eigenvalue weighted by atomic mass is 9.76. The van der Waals surface area contributed by atoms with Gasteiger partial charge < -0.3 is 0 Å². The van der Waals surface area contributed by atoms with E-state index in [4.69, 9.17) is 15.7 Å². The van der Waals surface area contributed by atoms with Crippen LogP contribution in [0.25, 0.3) is 54.9 Å². The average Bonchev–Trinajstić information content (AvgIpc) is 2.94. The van der Waals surface area contributed by atoms with Gasteiger partial charge in [-0.25, -0.2) is 17.6 Å². The van der Waals surface area contributed by atoms with Gasteiger partial charge in [-0.3, -0.25) is 0 Å². The lowest BCUT2D eigenvalue weighted by Gasteiger charge is -2.24. The molecule has 0 atom stereocenters. The Kier molecular flexibility index (Phi) is 6.71. The van der Waals surface area contributed by atoms with Gasteiger partial charge in [-0.1, -0.05) is 61.2 Å². The van der Waals surface area contributed by atoms with Crippen molar-refractivity contribution in [1.29, 1.82) is 0 Å². The van der Waals surface area contributed by atoms with Crippen LogP contribution in [-0.2, 0) is 12.6 Å². The summed E-state index contributed by atoms with van der Waals surface area (Å²) in [5.74, 6) is -2.79. The molecule has 0 fully saturated rings. The second kappa shape index (κ2) is 10.3. The van der Waals surface area contributed by atoms with Crippen molar-refractivity contribution < 1.29 is 17.6 Å². The zero-order chi connectivity index (χ0) is 28.0. The maximum Gasteiger partial charge on any atom is 0.126 e. The molecule has 0 saturated carbocycles. The van der Waals surface area contributed by atoms with Gasteiger partial charge in [0, 0.05) is 12.1 Å². The van der Waals surface area contributed by atoms with Gasteiger partial charge in [0.05, 0.1) is 15.7 Å². The van der Waals surface area contributed by atoms with Crippen molar-refractivity contribution in [3.63, 3.8) is 0 Å². The lowest BCUT2D eigenvalue weighted by molar-refractivity contribution is 0.583. The van der Waals surface area contributed by atoms with Crippen LogP contribution in [0.5, 0.6) is 0 Å². The highest BCUT2D eigenvalue weighted by Gasteiger charge is 2.22. The maximum atomic E-state index is 14.4. The smallest absolute Gasteiger partial charge is 0.126 e. The van der Waals surface area contributed by atoms with E-state index in [0.29, 0.717) is 33.4 Å². The van der Waals surface area contributed by atoms with Crippen LogP contribution in [0.1, 0.15) is 11.1 Å². The van der Waals surface area contributed by atoms with Gasteiger partial charge in [0.25, 0.3) is 0 Å². The molecule has 6 heteroatoms. The third-order valence-corrected chi connectivity index (χ3v) is 7.32. The summed E-state index contributed by atoms with van der Waals surface area (Å²) in [4.78, 5) is 0. The molecule has 6 aromatic rings. The highest BCUT2D eigenvalue weighted by atomic mass is 19.1. The molecule has 0 aromatic heterocycles. The van der Waals surface area contributed by atoms with Crippen molar-refractivity contribution >= 4 is 37.2 Å². The molecule has 0 aliphatic heterocycles. The van der Waals surface area contributed by atoms with E-state index in [1.54, 1.807) is 0 Å². The van der Waals surface area contributed by atoms with Crippen LogP contribution < -0.4 is 0 Å². The highest BCUT2D eigenvalue weighted by Crippen LogP contribution is 2.46. The van der Waals surface area contributed by atoms with Crippen LogP contribution in [0.3, 0.4) is 0 Å². The normalized spacial score (nSPS) is 11.4. The molecule has 4 radical (unpaired) electrons. The first kappa shape index (κ1) is 25.9. The third kappa shape index (κ3) is 4.48. The van der Waals surface area contributed by atoms with Crippen LogP contribution in [0, 0.1) is 23.3 Å². The number of hydrogen-bond acceptors (Lipinski definition) is 0. The minimum Gasteiger partial charge on any atom is -0.207 e. The largest absolute Gasteiger partial charge is 0.207 e. The molecule has 0 N–H and O–H groups in total. The Morgan fingerprint density at radius 3 is 1.15 bits per heavy atom. The molecule has 0 saturated heterocycles. The second-order valence-electron chi connectivity index (χ2n) is 9.72. The first-order valence-electron chi connectivity index (χ1n) is 12.8. The Labute approximate surface area is 232 Å². The van der Waals surface area contributed by atoms with Crippen molar-refractivity contribution in [3.8, 4) is 33.4 Å². The first-order chi connectivity index (χ1) is 19.4. The monoisotopic (exact) mass is 526 g/mol. The fourth-order valence-corrected chi connectivity index (χ4v) is 5.71. The number of halogens is 4. The fraction of sp³-hybridized carbons (Fsp3) is 0.0588. The lowest BCUT2D eigenvalue weighted by Crippen LogP contribution is -2.03. The summed E-state index contributed by atoms with van der Waals surface area (Å²) >= 11 is 0. The van der Waals surface area contributed by atoms with E-state index in [1.165, 1.54) is 24.3 Å². The summed E-state index contributed by atoms with van der Waals surface area (Å²) < 4.78 is 57.5. The van der Waals surface area contributed by atoms with Crippen molar-refractivity contribution in [2.24, 2.45) is 0 Å². The molecule has 0 aliphatic carbocycles. The van der Waals surface area contributed by atoms with Gasteiger partial charge in [-0.05, 0) is 102 Å². The minimum atomic E-state index is -0.698. The van der Waals surface area contributed by atoms with E-state index >= 15 is 0 Å². The van der Waals surface area contributed by atoms with Gasteiger partial charge in [-0.2, -0.15) is 0 Å². The molecule has 0 spiro atoms. The Bertz CT molecular complexity index is 1750. The highest BCUT2D eigenvalue weighted by molar-refractivity contribution is 6.17. The molecule has 0 heterocycles. The van der Waals surface area contributed by atoms with Crippen molar-refractivity contribution in [1.82, 2.24) is 0 Å². The Balaban J connectivity index is 1.81. The number of hydrogen-bond donors (Lipinski definition) is 0. The quantitative estimate of drug-likeness (QED) is 0.156. The molecular weight excluding hydrogens is 506 g/mol. The van der Waals surface area contributed by atoms with E-state index in [0.717, 1.165) is 44.8 Å². The van der Waals surface area contributed by atoms with Crippen LogP contribution in [0.15, 0.2) is 97.1 Å². The van der Waals surface area contributed by atoms with Crippen LogP contribution in [0.4, 0.5) is 17.6 Å². The van der Waals surface area contributed by atoms with Crippen molar-refractivity contribution in [2.75, 3.05) is 0 Å². The maximum absolute atomic E-state index is 14.4. The van der Waals surface area contributed by atoms with E-state index in [-0.39, 0.29) is 12.6 Å². The molecule has 0 bridgehead atoms. The number of benzene rings is 6. The molecule has 0 nitrogen and oxygen atoms in total. The third-order valence-electron chi connectivity index (χ3n) is 7.32. The molecule has 190 valence electrons. The number of fused-ring (bicyclic) bond motifs is 2. The summed E-state index contributed by atoms with van der Waals surface area (Å²) in [7, 11) is 12.8. The molecule has 6 rings (SSSR count). The standard InChI is InChI=1S/C34H20B2F4/c35-17-31-29(21-9-23(37)15-24(38)10-21)13-19-5-1-3-7-27(19)33(31)34-28-8-4-2-6-20(28)14-30(32(34)18-36)22-11-25(39)16-26(40)12-22/h1-16H,17-18H2. The van der Waals surface area contributed by atoms with Crippen molar-refractivity contribution in [3.05, 3.63) is 131 Å². The van der Waals surface area contributed by atoms with Gasteiger partial charge in [0.15, 0.2) is 0 Å². The summed E-state index contributed by atoms with van der Waals surface area (Å²) in [5, 5.41) is 3.41. The van der Waals surface area contributed by atoms with E-state index in [9.17, 15) is 17.6 Å². The minimum absolute atomic E-state index is 0.0603. The Morgan fingerprint density at radius 2 is 0.800 bits per heavy atom. The average molecular weight is 526 g/mol. The van der Waals surface area contributed by atoms with Gasteiger partial charge in [0.1, 0.15) is 23.3 Å². The van der Waals surface area contributed by atoms with Gasteiger partial charge in [0.2, 0.25) is 0 Å². The SMILES string of the molecule is [B]Cc1c(-c2cc(F)cc(F)c2)cc2ccccc2c1-c1c(C[B])c(-c2cc(F)cc(F)c2)cc2ccccc12. The molecule has 40 heavy (non-hydrogen) atoms.